The Kier molecular flexibility index (Phi) is 6.31. The molecule has 0 saturated carbocycles. The maximum atomic E-state index is 12.2. The molecule has 1 aromatic carbocycles. The van der Waals surface area contributed by atoms with Crippen molar-refractivity contribution in [2.75, 3.05) is 13.7 Å². The van der Waals surface area contributed by atoms with E-state index < -0.39 is 0 Å². The van der Waals surface area contributed by atoms with Crippen LogP contribution in [0, 0.1) is 0 Å². The monoisotopic (exact) mass is 327 g/mol. The van der Waals surface area contributed by atoms with E-state index in [1.165, 1.54) is 6.92 Å². The van der Waals surface area contributed by atoms with Gasteiger partial charge in [0.2, 0.25) is 11.8 Å². The van der Waals surface area contributed by atoms with Gasteiger partial charge in [0.1, 0.15) is 5.75 Å². The molecule has 2 rings (SSSR count). The first-order valence-corrected chi connectivity index (χ1v) is 7.68. The number of carbonyl (C=O) groups is 2. The third-order valence-electron chi connectivity index (χ3n) is 3.52. The second-order valence-electron chi connectivity index (χ2n) is 5.29. The van der Waals surface area contributed by atoms with Crippen molar-refractivity contribution >= 4 is 11.8 Å². The zero-order chi connectivity index (χ0) is 17.4. The first kappa shape index (κ1) is 17.5. The Bertz CT molecular complexity index is 672. The number of nitrogens with zero attached hydrogens (tertiary/aromatic N) is 1. The third kappa shape index (κ3) is 5.08. The van der Waals surface area contributed by atoms with Crippen LogP contribution in [0.15, 0.2) is 48.8 Å². The molecule has 24 heavy (non-hydrogen) atoms. The van der Waals surface area contributed by atoms with E-state index >= 15 is 0 Å². The smallest absolute Gasteiger partial charge is 0.222 e. The highest BCUT2D eigenvalue weighted by molar-refractivity contribution is 5.78. The van der Waals surface area contributed by atoms with E-state index in [0.717, 1.165) is 16.9 Å². The predicted octanol–water partition coefficient (Wildman–Crippen LogP) is 1.82. The Hall–Kier alpha value is -2.89. The second kappa shape index (κ2) is 8.67. The van der Waals surface area contributed by atoms with E-state index in [1.54, 1.807) is 19.5 Å². The number of ether oxygens (including phenoxy) is 1. The lowest BCUT2D eigenvalue weighted by atomic mass is 9.99. The van der Waals surface area contributed by atoms with Gasteiger partial charge in [-0.2, -0.15) is 0 Å². The number of nitrogens with one attached hydrogen (secondary N) is 2. The molecule has 6 nitrogen and oxygen atoms in total. The van der Waals surface area contributed by atoms with E-state index in [0.29, 0.717) is 6.54 Å². The van der Waals surface area contributed by atoms with Gasteiger partial charge in [0.15, 0.2) is 0 Å². The Balaban J connectivity index is 2.14. The van der Waals surface area contributed by atoms with Gasteiger partial charge < -0.3 is 15.4 Å². The summed E-state index contributed by atoms with van der Waals surface area (Å²) in [5.41, 5.74) is 1.87. The molecule has 0 unspecified atom stereocenters. The summed E-state index contributed by atoms with van der Waals surface area (Å²) in [6.07, 6.45) is 3.60. The van der Waals surface area contributed by atoms with Crippen LogP contribution in [-0.4, -0.2) is 30.5 Å². The molecule has 1 heterocycles. The zero-order valence-electron chi connectivity index (χ0n) is 13.8. The summed E-state index contributed by atoms with van der Waals surface area (Å²) in [5, 5.41) is 5.62. The fourth-order valence-corrected chi connectivity index (χ4v) is 2.30. The Labute approximate surface area is 141 Å². The number of hydrogen-bond acceptors (Lipinski definition) is 4. The van der Waals surface area contributed by atoms with E-state index in [2.05, 4.69) is 15.6 Å². The van der Waals surface area contributed by atoms with Crippen molar-refractivity contribution in [3.8, 4) is 5.75 Å². The van der Waals surface area contributed by atoms with Crippen LogP contribution in [0.1, 0.15) is 30.5 Å². The summed E-state index contributed by atoms with van der Waals surface area (Å²) in [7, 11) is 1.61. The lowest BCUT2D eigenvalue weighted by Gasteiger charge is -2.20. The fourth-order valence-electron chi connectivity index (χ4n) is 2.30. The van der Waals surface area contributed by atoms with Crippen LogP contribution in [0.2, 0.25) is 0 Å². The van der Waals surface area contributed by atoms with E-state index in [-0.39, 0.29) is 24.3 Å². The standard InChI is InChI=1S/C18H21N3O3/c1-13(22)20-12-9-17(23)21-18(15-7-10-19-11-8-15)14-3-5-16(24-2)6-4-14/h3-8,10-11,18H,9,12H2,1-2H3,(H,20,22)(H,21,23)/t18-/m0/s1. The number of rotatable bonds is 7. The number of methoxy groups -OCH3 is 1. The summed E-state index contributed by atoms with van der Waals surface area (Å²) >= 11 is 0. The largest absolute Gasteiger partial charge is 0.497 e. The summed E-state index contributed by atoms with van der Waals surface area (Å²) in [6, 6.07) is 11.0. The van der Waals surface area contributed by atoms with Gasteiger partial charge >= 0.3 is 0 Å². The van der Waals surface area contributed by atoms with Crippen molar-refractivity contribution in [2.45, 2.75) is 19.4 Å². The van der Waals surface area contributed by atoms with Gasteiger partial charge in [0.05, 0.1) is 13.2 Å². The first-order chi connectivity index (χ1) is 11.6. The molecule has 0 spiro atoms. The molecule has 0 aliphatic rings. The summed E-state index contributed by atoms with van der Waals surface area (Å²) in [6.45, 7) is 1.74. The average molecular weight is 327 g/mol. The normalized spacial score (nSPS) is 11.4. The van der Waals surface area contributed by atoms with Gasteiger partial charge in [-0.15, -0.1) is 0 Å². The van der Waals surface area contributed by atoms with Crippen LogP contribution in [0.25, 0.3) is 0 Å². The molecule has 1 aromatic heterocycles. The van der Waals surface area contributed by atoms with Crippen LogP contribution >= 0.6 is 0 Å². The second-order valence-corrected chi connectivity index (χ2v) is 5.29. The van der Waals surface area contributed by atoms with Crippen LogP contribution in [0.4, 0.5) is 0 Å². The van der Waals surface area contributed by atoms with E-state index in [9.17, 15) is 9.59 Å². The Morgan fingerprint density at radius 3 is 2.29 bits per heavy atom. The number of hydrogen-bond donors (Lipinski definition) is 2. The van der Waals surface area contributed by atoms with Gasteiger partial charge in [0.25, 0.3) is 0 Å². The maximum Gasteiger partial charge on any atom is 0.222 e. The van der Waals surface area contributed by atoms with Gasteiger partial charge in [-0.1, -0.05) is 12.1 Å². The number of carbonyl (C=O) groups excluding carboxylic acids is 2. The quantitative estimate of drug-likeness (QED) is 0.813. The molecule has 2 amide bonds. The topological polar surface area (TPSA) is 80.3 Å². The van der Waals surface area contributed by atoms with Crippen LogP contribution in [0.5, 0.6) is 5.75 Å². The van der Waals surface area contributed by atoms with Crippen molar-refractivity contribution in [3.05, 3.63) is 59.9 Å². The number of aromatic nitrogens is 1. The van der Waals surface area contributed by atoms with Gasteiger partial charge in [-0.3, -0.25) is 14.6 Å². The summed E-state index contributed by atoms with van der Waals surface area (Å²) in [4.78, 5) is 27.1. The molecule has 2 aromatic rings. The number of pyridine rings is 1. The van der Waals surface area contributed by atoms with Gasteiger partial charge in [-0.05, 0) is 35.4 Å². The molecule has 0 fully saturated rings. The highest BCUT2D eigenvalue weighted by Crippen LogP contribution is 2.23. The molecular weight excluding hydrogens is 306 g/mol. The SMILES string of the molecule is COc1ccc([C@H](NC(=O)CCNC(C)=O)c2ccncc2)cc1. The lowest BCUT2D eigenvalue weighted by Crippen LogP contribution is -2.32. The lowest BCUT2D eigenvalue weighted by molar-refractivity contribution is -0.122. The summed E-state index contributed by atoms with van der Waals surface area (Å²) in [5.74, 6) is 0.467. The van der Waals surface area contributed by atoms with Crippen LogP contribution in [0.3, 0.4) is 0 Å². The van der Waals surface area contributed by atoms with Crippen molar-refractivity contribution in [3.63, 3.8) is 0 Å². The molecule has 0 bridgehead atoms. The number of amides is 2. The molecule has 0 radical (unpaired) electrons. The minimum Gasteiger partial charge on any atom is -0.497 e. The highest BCUT2D eigenvalue weighted by Gasteiger charge is 2.17. The molecule has 0 aliphatic carbocycles. The molecule has 126 valence electrons. The molecule has 2 N–H and O–H groups in total. The fraction of sp³-hybridized carbons (Fsp3) is 0.278. The van der Waals surface area contributed by atoms with Crippen LogP contribution < -0.4 is 15.4 Å². The average Bonchev–Trinajstić information content (AvgIpc) is 2.60. The van der Waals surface area contributed by atoms with E-state index in [4.69, 9.17) is 4.74 Å². The van der Waals surface area contributed by atoms with Crippen molar-refractivity contribution in [1.82, 2.24) is 15.6 Å². The Morgan fingerprint density at radius 1 is 1.08 bits per heavy atom. The first-order valence-electron chi connectivity index (χ1n) is 7.68. The minimum absolute atomic E-state index is 0.138. The van der Waals surface area contributed by atoms with Crippen molar-refractivity contribution in [1.29, 1.82) is 0 Å². The molecule has 0 aliphatic heterocycles. The molecule has 1 atom stereocenters. The van der Waals surface area contributed by atoms with Gasteiger partial charge in [-0.25, -0.2) is 0 Å². The third-order valence-corrected chi connectivity index (χ3v) is 3.52. The molecule has 6 heteroatoms. The van der Waals surface area contributed by atoms with Crippen LogP contribution in [-0.2, 0) is 9.59 Å². The van der Waals surface area contributed by atoms with Crippen molar-refractivity contribution in [2.24, 2.45) is 0 Å². The molecular formula is C18H21N3O3. The summed E-state index contributed by atoms with van der Waals surface area (Å²) < 4.78 is 5.17. The Morgan fingerprint density at radius 2 is 1.71 bits per heavy atom. The zero-order valence-corrected chi connectivity index (χ0v) is 13.8. The van der Waals surface area contributed by atoms with Gasteiger partial charge in [0, 0.05) is 32.3 Å². The highest BCUT2D eigenvalue weighted by atomic mass is 16.5. The predicted molar refractivity (Wildman–Crippen MR) is 90.5 cm³/mol. The minimum atomic E-state index is -0.288. The van der Waals surface area contributed by atoms with E-state index in [1.807, 2.05) is 36.4 Å². The maximum absolute atomic E-state index is 12.2. The van der Waals surface area contributed by atoms with Crippen molar-refractivity contribution < 1.29 is 14.3 Å². The number of benzene rings is 1. The molecule has 0 saturated heterocycles.